The Kier molecular flexibility index (Phi) is 5.11. The molecular formula is C23H27N5O2. The summed E-state index contributed by atoms with van der Waals surface area (Å²) < 4.78 is 0. The molecule has 1 saturated heterocycles. The van der Waals surface area contributed by atoms with Crippen molar-refractivity contribution in [3.8, 4) is 11.3 Å². The number of benzene rings is 1. The highest BCUT2D eigenvalue weighted by Gasteiger charge is 2.41. The summed E-state index contributed by atoms with van der Waals surface area (Å²) in [6, 6.07) is 14.3. The summed E-state index contributed by atoms with van der Waals surface area (Å²) in [5.41, 5.74) is 1.90. The van der Waals surface area contributed by atoms with Crippen molar-refractivity contribution in [1.29, 1.82) is 0 Å². The maximum Gasteiger partial charge on any atom is 0.242 e. The quantitative estimate of drug-likeness (QED) is 0.737. The Balaban J connectivity index is 1.16. The van der Waals surface area contributed by atoms with Gasteiger partial charge in [-0.1, -0.05) is 30.3 Å². The molecule has 3 fully saturated rings. The molecular weight excluding hydrogens is 378 g/mol. The van der Waals surface area contributed by atoms with E-state index in [1.54, 1.807) is 0 Å². The van der Waals surface area contributed by atoms with Crippen LogP contribution in [-0.4, -0.2) is 70.6 Å². The van der Waals surface area contributed by atoms with Crippen LogP contribution in [0.15, 0.2) is 42.5 Å². The number of nitrogens with zero attached hydrogens (tertiary/aromatic N) is 5. The minimum absolute atomic E-state index is 0.0704. The molecule has 30 heavy (non-hydrogen) atoms. The van der Waals surface area contributed by atoms with E-state index in [1.807, 2.05) is 52.3 Å². The van der Waals surface area contributed by atoms with Crippen LogP contribution in [0, 0.1) is 5.92 Å². The molecule has 5 rings (SSSR count). The first-order valence-electron chi connectivity index (χ1n) is 10.9. The second kappa shape index (κ2) is 8.05. The van der Waals surface area contributed by atoms with Crippen molar-refractivity contribution in [3.63, 3.8) is 0 Å². The van der Waals surface area contributed by atoms with Gasteiger partial charge in [-0.05, 0) is 37.8 Å². The van der Waals surface area contributed by atoms with Crippen LogP contribution >= 0.6 is 0 Å². The van der Waals surface area contributed by atoms with Crippen LogP contribution in [0.3, 0.4) is 0 Å². The number of aromatic nitrogens is 2. The van der Waals surface area contributed by atoms with Gasteiger partial charge in [0.25, 0.3) is 0 Å². The molecule has 0 radical (unpaired) electrons. The minimum Gasteiger partial charge on any atom is -0.352 e. The zero-order valence-corrected chi connectivity index (χ0v) is 17.1. The van der Waals surface area contributed by atoms with Crippen LogP contribution in [0.4, 0.5) is 5.82 Å². The van der Waals surface area contributed by atoms with Gasteiger partial charge in [-0.2, -0.15) is 0 Å². The van der Waals surface area contributed by atoms with Crippen LogP contribution in [0.2, 0.25) is 0 Å². The van der Waals surface area contributed by atoms with E-state index < -0.39 is 0 Å². The molecule has 1 aliphatic heterocycles. The third-order valence-corrected chi connectivity index (χ3v) is 6.18. The Morgan fingerprint density at radius 3 is 2.23 bits per heavy atom. The van der Waals surface area contributed by atoms with E-state index in [9.17, 15) is 9.59 Å². The van der Waals surface area contributed by atoms with Crippen LogP contribution < -0.4 is 4.90 Å². The number of carbonyl (C=O) groups is 2. The molecule has 2 heterocycles. The van der Waals surface area contributed by atoms with Crippen molar-refractivity contribution in [1.82, 2.24) is 20.0 Å². The molecule has 3 aliphatic rings. The van der Waals surface area contributed by atoms with Gasteiger partial charge in [0, 0.05) is 43.7 Å². The van der Waals surface area contributed by atoms with Crippen LogP contribution in [0.25, 0.3) is 11.3 Å². The number of piperazine rings is 1. The van der Waals surface area contributed by atoms with Crippen LogP contribution in [-0.2, 0) is 9.59 Å². The fraction of sp³-hybridized carbons (Fsp3) is 0.478. The molecule has 2 aromatic rings. The van der Waals surface area contributed by atoms with E-state index in [-0.39, 0.29) is 24.3 Å². The van der Waals surface area contributed by atoms with Gasteiger partial charge < -0.3 is 14.7 Å². The molecule has 0 spiro atoms. The molecule has 2 amide bonds. The van der Waals surface area contributed by atoms with E-state index in [0.717, 1.165) is 55.8 Å². The Hall–Kier alpha value is -2.96. The van der Waals surface area contributed by atoms with E-state index in [2.05, 4.69) is 15.1 Å². The Bertz CT molecular complexity index is 901. The average Bonchev–Trinajstić information content (AvgIpc) is 3.71. The fourth-order valence-electron chi connectivity index (χ4n) is 4.03. The van der Waals surface area contributed by atoms with Crippen molar-refractivity contribution in [3.05, 3.63) is 42.5 Å². The van der Waals surface area contributed by atoms with Gasteiger partial charge in [-0.25, -0.2) is 0 Å². The van der Waals surface area contributed by atoms with E-state index in [4.69, 9.17) is 0 Å². The topological polar surface area (TPSA) is 69.6 Å². The summed E-state index contributed by atoms with van der Waals surface area (Å²) in [7, 11) is 0. The lowest BCUT2D eigenvalue weighted by atomic mass is 10.1. The average molecular weight is 406 g/mol. The smallest absolute Gasteiger partial charge is 0.242 e. The number of rotatable bonds is 6. The number of hydrogen-bond donors (Lipinski definition) is 0. The maximum atomic E-state index is 12.8. The van der Waals surface area contributed by atoms with Gasteiger partial charge in [0.05, 0.1) is 5.69 Å². The van der Waals surface area contributed by atoms with Gasteiger partial charge in [0.1, 0.15) is 6.54 Å². The summed E-state index contributed by atoms with van der Waals surface area (Å²) >= 11 is 0. The minimum atomic E-state index is 0.0704. The Labute approximate surface area is 176 Å². The number of amides is 2. The molecule has 7 heteroatoms. The van der Waals surface area contributed by atoms with Crippen LogP contribution in [0.1, 0.15) is 25.7 Å². The molecule has 156 valence electrons. The van der Waals surface area contributed by atoms with Gasteiger partial charge in [-0.15, -0.1) is 10.2 Å². The highest BCUT2D eigenvalue weighted by molar-refractivity contribution is 5.87. The monoisotopic (exact) mass is 405 g/mol. The van der Waals surface area contributed by atoms with Crippen LogP contribution in [0.5, 0.6) is 0 Å². The largest absolute Gasteiger partial charge is 0.352 e. The fourth-order valence-corrected chi connectivity index (χ4v) is 4.03. The predicted octanol–water partition coefficient (Wildman–Crippen LogP) is 2.19. The summed E-state index contributed by atoms with van der Waals surface area (Å²) in [6.45, 7) is 3.00. The lowest BCUT2D eigenvalue weighted by Crippen LogP contribution is -2.52. The maximum absolute atomic E-state index is 12.8. The third-order valence-electron chi connectivity index (χ3n) is 6.18. The Morgan fingerprint density at radius 1 is 0.900 bits per heavy atom. The van der Waals surface area contributed by atoms with Crippen molar-refractivity contribution in [2.45, 2.75) is 31.7 Å². The van der Waals surface area contributed by atoms with E-state index >= 15 is 0 Å². The highest BCUT2D eigenvalue weighted by atomic mass is 16.2. The van der Waals surface area contributed by atoms with Gasteiger partial charge in [-0.3, -0.25) is 9.59 Å². The van der Waals surface area contributed by atoms with Crippen molar-refractivity contribution < 1.29 is 9.59 Å². The SMILES string of the molecule is O=C(CN(C(=O)C1CC1)C1CC1)N1CCN(c2ccc(-c3ccccc3)nn2)CC1. The third kappa shape index (κ3) is 4.15. The first-order valence-corrected chi connectivity index (χ1v) is 10.9. The Morgan fingerprint density at radius 2 is 1.63 bits per heavy atom. The molecule has 0 N–H and O–H groups in total. The summed E-state index contributed by atoms with van der Waals surface area (Å²) in [4.78, 5) is 31.2. The predicted molar refractivity (Wildman–Crippen MR) is 114 cm³/mol. The van der Waals surface area contributed by atoms with Crippen molar-refractivity contribution in [2.24, 2.45) is 5.92 Å². The molecule has 7 nitrogen and oxygen atoms in total. The lowest BCUT2D eigenvalue weighted by molar-refractivity contribution is -0.142. The van der Waals surface area contributed by atoms with Gasteiger partial charge in [0.2, 0.25) is 11.8 Å². The molecule has 1 aromatic carbocycles. The van der Waals surface area contributed by atoms with Crippen molar-refractivity contribution in [2.75, 3.05) is 37.6 Å². The standard InChI is InChI=1S/C23H27N5O2/c29-22(16-28(19-8-9-19)23(30)18-6-7-18)27-14-12-26(13-15-27)21-11-10-20(24-25-21)17-4-2-1-3-5-17/h1-5,10-11,18-19H,6-9,12-16H2. The van der Waals surface area contributed by atoms with Gasteiger partial charge >= 0.3 is 0 Å². The highest BCUT2D eigenvalue weighted by Crippen LogP contribution is 2.36. The molecule has 1 aromatic heterocycles. The molecule has 0 bridgehead atoms. The van der Waals surface area contributed by atoms with Gasteiger partial charge in [0.15, 0.2) is 5.82 Å². The van der Waals surface area contributed by atoms with E-state index in [0.29, 0.717) is 19.1 Å². The normalized spacial score (nSPS) is 18.9. The zero-order valence-electron chi connectivity index (χ0n) is 17.1. The molecule has 0 unspecified atom stereocenters. The first kappa shape index (κ1) is 19.0. The zero-order chi connectivity index (χ0) is 20.5. The first-order chi connectivity index (χ1) is 14.7. The molecule has 2 aliphatic carbocycles. The molecule has 0 atom stereocenters. The lowest BCUT2D eigenvalue weighted by Gasteiger charge is -2.36. The summed E-state index contributed by atoms with van der Waals surface area (Å²) in [6.07, 6.45) is 4.05. The second-order valence-corrected chi connectivity index (χ2v) is 8.48. The summed E-state index contributed by atoms with van der Waals surface area (Å²) in [5, 5.41) is 8.77. The molecule has 2 saturated carbocycles. The van der Waals surface area contributed by atoms with Crippen molar-refractivity contribution >= 4 is 17.6 Å². The number of anilines is 1. The van der Waals surface area contributed by atoms with E-state index in [1.165, 1.54) is 0 Å². The number of carbonyl (C=O) groups excluding carboxylic acids is 2. The second-order valence-electron chi connectivity index (χ2n) is 8.48. The number of hydrogen-bond acceptors (Lipinski definition) is 5. The summed E-state index contributed by atoms with van der Waals surface area (Å²) in [5.74, 6) is 1.28.